The van der Waals surface area contributed by atoms with Gasteiger partial charge in [0.15, 0.2) is 0 Å². The van der Waals surface area contributed by atoms with Crippen molar-refractivity contribution in [3.8, 4) is 11.8 Å². The second-order valence-electron chi connectivity index (χ2n) is 1.83. The number of carbonyl (C=O) groups is 1. The second-order valence-corrected chi connectivity index (χ2v) is 1.83. The number of nitrogens with zero attached hydrogens (tertiary/aromatic N) is 2. The molecular weight excluding hydrogens is 152 g/mol. The number of ether oxygens (including phenoxy) is 1. The third-order valence-corrected chi connectivity index (χ3v) is 1.02. The van der Waals surface area contributed by atoms with Gasteiger partial charge in [-0.25, -0.2) is 9.48 Å². The van der Waals surface area contributed by atoms with E-state index in [2.05, 4.69) is 9.84 Å². The standard InChI is InChI=1S/C5H6N2O4/c1-7-4(8)2-3(6-7)11-5(9)10/h2,8H,1H3,(H,9,10). The van der Waals surface area contributed by atoms with Crippen molar-refractivity contribution in [2.75, 3.05) is 0 Å². The molecule has 0 aliphatic carbocycles. The first-order valence-electron chi connectivity index (χ1n) is 2.73. The molecule has 0 radical (unpaired) electrons. The molecule has 0 unspecified atom stereocenters. The highest BCUT2D eigenvalue weighted by atomic mass is 16.7. The van der Waals surface area contributed by atoms with Crippen molar-refractivity contribution >= 4 is 6.16 Å². The van der Waals surface area contributed by atoms with E-state index in [1.165, 1.54) is 7.05 Å². The summed E-state index contributed by atoms with van der Waals surface area (Å²) in [5.41, 5.74) is 0. The smallest absolute Gasteiger partial charge is 0.493 e. The Balaban J connectivity index is 2.81. The third kappa shape index (κ3) is 1.60. The van der Waals surface area contributed by atoms with Gasteiger partial charge in [0.2, 0.25) is 11.8 Å². The Morgan fingerprint density at radius 3 is 2.82 bits per heavy atom. The van der Waals surface area contributed by atoms with Crippen LogP contribution < -0.4 is 4.74 Å². The summed E-state index contributed by atoms with van der Waals surface area (Å²) >= 11 is 0. The maximum absolute atomic E-state index is 9.94. The molecule has 1 aromatic rings. The Bertz CT molecular complexity index is 261. The Labute approximate surface area is 61.6 Å². The van der Waals surface area contributed by atoms with Crippen LogP contribution in [0.1, 0.15) is 0 Å². The molecule has 0 aromatic carbocycles. The van der Waals surface area contributed by atoms with Crippen molar-refractivity contribution in [2.24, 2.45) is 7.05 Å². The Kier molecular flexibility index (Phi) is 1.67. The molecule has 2 N–H and O–H groups in total. The Hall–Kier alpha value is -1.72. The molecule has 0 amide bonds. The van der Waals surface area contributed by atoms with Crippen LogP contribution in [0.2, 0.25) is 0 Å². The highest BCUT2D eigenvalue weighted by molar-refractivity contribution is 5.60. The van der Waals surface area contributed by atoms with Gasteiger partial charge in [-0.05, 0) is 0 Å². The van der Waals surface area contributed by atoms with Crippen LogP contribution in [-0.2, 0) is 7.05 Å². The van der Waals surface area contributed by atoms with Crippen molar-refractivity contribution in [3.63, 3.8) is 0 Å². The molecule has 1 rings (SSSR count). The van der Waals surface area contributed by atoms with Crippen LogP contribution in [-0.4, -0.2) is 26.1 Å². The summed E-state index contributed by atoms with van der Waals surface area (Å²) in [5, 5.41) is 20.5. The molecule has 0 saturated carbocycles. The van der Waals surface area contributed by atoms with Gasteiger partial charge in [0.25, 0.3) is 0 Å². The van der Waals surface area contributed by atoms with Gasteiger partial charge < -0.3 is 14.9 Å². The molecule has 6 heteroatoms. The number of aromatic nitrogens is 2. The van der Waals surface area contributed by atoms with E-state index >= 15 is 0 Å². The number of carboxylic acid groups (broad SMARTS) is 1. The van der Waals surface area contributed by atoms with E-state index < -0.39 is 6.16 Å². The maximum atomic E-state index is 9.94. The first-order chi connectivity index (χ1) is 5.09. The average molecular weight is 158 g/mol. The summed E-state index contributed by atoms with van der Waals surface area (Å²) < 4.78 is 5.24. The van der Waals surface area contributed by atoms with Crippen LogP contribution in [0, 0.1) is 0 Å². The number of rotatable bonds is 1. The zero-order valence-corrected chi connectivity index (χ0v) is 5.68. The first-order valence-corrected chi connectivity index (χ1v) is 2.73. The molecule has 1 aromatic heterocycles. The van der Waals surface area contributed by atoms with E-state index in [0.29, 0.717) is 0 Å². The quantitative estimate of drug-likeness (QED) is 0.569. The minimum Gasteiger partial charge on any atom is -0.493 e. The molecule has 60 valence electrons. The minimum absolute atomic E-state index is 0.141. The molecule has 1 heterocycles. The fourth-order valence-electron chi connectivity index (χ4n) is 0.571. The van der Waals surface area contributed by atoms with Crippen molar-refractivity contribution < 1.29 is 19.7 Å². The molecule has 6 nitrogen and oxygen atoms in total. The van der Waals surface area contributed by atoms with Gasteiger partial charge in [-0.15, -0.1) is 5.10 Å². The van der Waals surface area contributed by atoms with E-state index in [4.69, 9.17) is 10.2 Å². The van der Waals surface area contributed by atoms with Crippen molar-refractivity contribution in [1.82, 2.24) is 9.78 Å². The van der Waals surface area contributed by atoms with E-state index in [1.54, 1.807) is 0 Å². The molecule has 0 saturated heterocycles. The molecular formula is C5H6N2O4. The highest BCUT2D eigenvalue weighted by Crippen LogP contribution is 2.15. The van der Waals surface area contributed by atoms with E-state index in [0.717, 1.165) is 10.7 Å². The van der Waals surface area contributed by atoms with Crippen molar-refractivity contribution in [3.05, 3.63) is 6.07 Å². The fourth-order valence-corrected chi connectivity index (χ4v) is 0.571. The van der Waals surface area contributed by atoms with Crippen LogP contribution in [0.3, 0.4) is 0 Å². The number of aromatic hydroxyl groups is 1. The van der Waals surface area contributed by atoms with Crippen LogP contribution in [0.5, 0.6) is 11.8 Å². The fraction of sp³-hybridized carbons (Fsp3) is 0.200. The lowest BCUT2D eigenvalue weighted by molar-refractivity contribution is 0.142. The summed E-state index contributed by atoms with van der Waals surface area (Å²) in [4.78, 5) is 9.94. The lowest BCUT2D eigenvalue weighted by Crippen LogP contribution is -2.03. The van der Waals surface area contributed by atoms with Gasteiger partial charge in [0.05, 0.1) is 6.07 Å². The molecule has 0 spiro atoms. The summed E-state index contributed by atoms with van der Waals surface area (Å²) in [6, 6.07) is 1.11. The molecule has 0 atom stereocenters. The topological polar surface area (TPSA) is 84.6 Å². The van der Waals surface area contributed by atoms with E-state index in [1.807, 2.05) is 0 Å². The zero-order chi connectivity index (χ0) is 8.43. The number of aryl methyl sites for hydroxylation is 1. The van der Waals surface area contributed by atoms with Gasteiger partial charge in [-0.1, -0.05) is 0 Å². The number of hydrogen-bond donors (Lipinski definition) is 2. The monoisotopic (exact) mass is 158 g/mol. The van der Waals surface area contributed by atoms with Gasteiger partial charge in [0, 0.05) is 7.05 Å². The first kappa shape index (κ1) is 7.39. The van der Waals surface area contributed by atoms with Crippen molar-refractivity contribution in [1.29, 1.82) is 0 Å². The van der Waals surface area contributed by atoms with E-state index in [9.17, 15) is 4.79 Å². The second kappa shape index (κ2) is 2.49. The van der Waals surface area contributed by atoms with Crippen molar-refractivity contribution in [2.45, 2.75) is 0 Å². The van der Waals surface area contributed by atoms with Gasteiger partial charge in [-0.3, -0.25) is 0 Å². The lowest BCUT2D eigenvalue weighted by Gasteiger charge is -1.90. The summed E-state index contributed by atoms with van der Waals surface area (Å²) in [5.74, 6) is -0.293. The average Bonchev–Trinajstić information content (AvgIpc) is 2.10. The highest BCUT2D eigenvalue weighted by Gasteiger charge is 2.07. The van der Waals surface area contributed by atoms with Gasteiger partial charge >= 0.3 is 6.16 Å². The lowest BCUT2D eigenvalue weighted by atomic mass is 10.6. The van der Waals surface area contributed by atoms with Crippen LogP contribution >= 0.6 is 0 Å². The van der Waals surface area contributed by atoms with Gasteiger partial charge in [0.1, 0.15) is 0 Å². The third-order valence-electron chi connectivity index (χ3n) is 1.02. The molecule has 0 aliphatic heterocycles. The molecule has 0 fully saturated rings. The Morgan fingerprint density at radius 2 is 2.45 bits per heavy atom. The summed E-state index contributed by atoms with van der Waals surface area (Å²) in [6.07, 6.45) is -1.46. The van der Waals surface area contributed by atoms with Crippen LogP contribution in [0.4, 0.5) is 4.79 Å². The zero-order valence-electron chi connectivity index (χ0n) is 5.68. The predicted octanol–water partition coefficient (Wildman–Crippen LogP) is 0.182. The van der Waals surface area contributed by atoms with Crippen LogP contribution in [0.25, 0.3) is 0 Å². The SMILES string of the molecule is Cn1nc(OC(=O)O)cc1O. The van der Waals surface area contributed by atoms with Crippen LogP contribution in [0.15, 0.2) is 6.07 Å². The van der Waals surface area contributed by atoms with E-state index in [-0.39, 0.29) is 11.8 Å². The summed E-state index contributed by atoms with van der Waals surface area (Å²) in [7, 11) is 1.46. The van der Waals surface area contributed by atoms with Gasteiger partial charge in [-0.2, -0.15) is 0 Å². The Morgan fingerprint density at radius 1 is 1.82 bits per heavy atom. The normalized spacial score (nSPS) is 9.55. The molecule has 11 heavy (non-hydrogen) atoms. The number of hydrogen-bond acceptors (Lipinski definition) is 4. The predicted molar refractivity (Wildman–Crippen MR) is 33.5 cm³/mol. The molecule has 0 bridgehead atoms. The minimum atomic E-state index is -1.46. The maximum Gasteiger partial charge on any atom is 0.512 e. The summed E-state index contributed by atoms with van der Waals surface area (Å²) in [6.45, 7) is 0. The molecule has 0 aliphatic rings. The largest absolute Gasteiger partial charge is 0.512 e.